The average Bonchev–Trinajstić information content (AvgIpc) is 3.28. The molecule has 1 aliphatic carbocycles. The van der Waals surface area contributed by atoms with Gasteiger partial charge in [0.1, 0.15) is 17.4 Å². The first-order valence-corrected chi connectivity index (χ1v) is 7.47. The van der Waals surface area contributed by atoms with Gasteiger partial charge in [0.15, 0.2) is 0 Å². The number of rotatable bonds is 4. The van der Waals surface area contributed by atoms with Crippen molar-refractivity contribution in [3.8, 4) is 11.6 Å². The zero-order chi connectivity index (χ0) is 15.0. The van der Waals surface area contributed by atoms with Crippen LogP contribution in [0.25, 0.3) is 0 Å². The maximum atomic E-state index is 6.07. The Morgan fingerprint density at radius 1 is 1.19 bits per heavy atom. The van der Waals surface area contributed by atoms with Crippen LogP contribution in [-0.2, 0) is 0 Å². The van der Waals surface area contributed by atoms with Crippen LogP contribution >= 0.6 is 0 Å². The predicted molar refractivity (Wildman–Crippen MR) is 83.8 cm³/mol. The van der Waals surface area contributed by atoms with E-state index < -0.39 is 0 Å². The van der Waals surface area contributed by atoms with Gasteiger partial charge < -0.3 is 10.5 Å². The van der Waals surface area contributed by atoms with E-state index in [0.29, 0.717) is 23.5 Å². The molecule has 2 aromatic rings. The van der Waals surface area contributed by atoms with Crippen LogP contribution in [0, 0.1) is 6.92 Å². The molecule has 4 nitrogen and oxygen atoms in total. The standard InChI is InChI=1S/C17H21N3O/c1-10(2)13-6-4-5-7-14(13)21-17-11(3)15(18)19-16(20-17)12-8-9-12/h4-7,10,12H,8-9H2,1-3H3,(H2,18,19,20). The molecule has 3 rings (SSSR count). The lowest BCUT2D eigenvalue weighted by atomic mass is 10.0. The van der Waals surface area contributed by atoms with Gasteiger partial charge in [-0.15, -0.1) is 0 Å². The van der Waals surface area contributed by atoms with Crippen molar-refractivity contribution >= 4 is 5.82 Å². The highest BCUT2D eigenvalue weighted by molar-refractivity contribution is 5.47. The highest BCUT2D eigenvalue weighted by atomic mass is 16.5. The van der Waals surface area contributed by atoms with E-state index in [2.05, 4.69) is 29.9 Å². The number of nitrogens with zero attached hydrogens (tertiary/aromatic N) is 2. The second-order valence-corrected chi connectivity index (χ2v) is 5.97. The summed E-state index contributed by atoms with van der Waals surface area (Å²) in [6.45, 7) is 6.21. The summed E-state index contributed by atoms with van der Waals surface area (Å²) in [5.74, 6) is 3.60. The molecule has 0 aliphatic heterocycles. The lowest BCUT2D eigenvalue weighted by molar-refractivity contribution is 0.447. The fourth-order valence-electron chi connectivity index (χ4n) is 2.31. The number of benzene rings is 1. The second kappa shape index (κ2) is 5.35. The minimum Gasteiger partial charge on any atom is -0.438 e. The van der Waals surface area contributed by atoms with Gasteiger partial charge in [0.25, 0.3) is 0 Å². The van der Waals surface area contributed by atoms with Gasteiger partial charge in [-0.05, 0) is 37.3 Å². The minimum atomic E-state index is 0.392. The number of hydrogen-bond donors (Lipinski definition) is 1. The van der Waals surface area contributed by atoms with Crippen LogP contribution in [0.15, 0.2) is 24.3 Å². The van der Waals surface area contributed by atoms with Gasteiger partial charge >= 0.3 is 0 Å². The summed E-state index contributed by atoms with van der Waals surface area (Å²) in [5.41, 5.74) is 7.98. The van der Waals surface area contributed by atoms with Crippen LogP contribution in [0.1, 0.15) is 55.5 Å². The van der Waals surface area contributed by atoms with Crippen molar-refractivity contribution < 1.29 is 4.74 Å². The fraction of sp³-hybridized carbons (Fsp3) is 0.412. The van der Waals surface area contributed by atoms with E-state index in [1.54, 1.807) is 0 Å². The van der Waals surface area contributed by atoms with E-state index in [0.717, 1.165) is 30.0 Å². The van der Waals surface area contributed by atoms with Gasteiger partial charge in [-0.25, -0.2) is 4.98 Å². The maximum absolute atomic E-state index is 6.07. The van der Waals surface area contributed by atoms with Crippen molar-refractivity contribution in [1.29, 1.82) is 0 Å². The lowest BCUT2D eigenvalue weighted by Crippen LogP contribution is -2.05. The van der Waals surface area contributed by atoms with Crippen molar-refractivity contribution in [3.63, 3.8) is 0 Å². The van der Waals surface area contributed by atoms with E-state index in [1.807, 2.05) is 25.1 Å². The summed E-state index contributed by atoms with van der Waals surface area (Å²) >= 11 is 0. The van der Waals surface area contributed by atoms with Crippen molar-refractivity contribution in [3.05, 3.63) is 41.2 Å². The zero-order valence-corrected chi connectivity index (χ0v) is 12.8. The topological polar surface area (TPSA) is 61.0 Å². The van der Waals surface area contributed by atoms with Crippen LogP contribution in [0.3, 0.4) is 0 Å². The molecule has 21 heavy (non-hydrogen) atoms. The van der Waals surface area contributed by atoms with Crippen molar-refractivity contribution in [2.24, 2.45) is 0 Å². The molecule has 1 saturated carbocycles. The second-order valence-electron chi connectivity index (χ2n) is 5.97. The van der Waals surface area contributed by atoms with Gasteiger partial charge in [-0.1, -0.05) is 32.0 Å². The molecular weight excluding hydrogens is 262 g/mol. The van der Waals surface area contributed by atoms with Gasteiger partial charge in [-0.2, -0.15) is 4.98 Å². The number of hydrogen-bond acceptors (Lipinski definition) is 4. The number of anilines is 1. The quantitative estimate of drug-likeness (QED) is 0.915. The Bertz CT molecular complexity index is 663. The third-order valence-corrected chi connectivity index (χ3v) is 3.85. The summed E-state index contributed by atoms with van der Waals surface area (Å²) in [4.78, 5) is 8.96. The monoisotopic (exact) mass is 283 g/mol. The number of nitrogens with two attached hydrogens (primary N) is 1. The molecule has 0 radical (unpaired) electrons. The fourth-order valence-corrected chi connectivity index (χ4v) is 2.31. The van der Waals surface area contributed by atoms with Gasteiger partial charge in [0.2, 0.25) is 5.88 Å². The zero-order valence-electron chi connectivity index (χ0n) is 12.8. The molecule has 0 unspecified atom stereocenters. The molecule has 0 bridgehead atoms. The molecular formula is C17H21N3O. The van der Waals surface area contributed by atoms with E-state index in [4.69, 9.17) is 10.5 Å². The maximum Gasteiger partial charge on any atom is 0.227 e. The smallest absolute Gasteiger partial charge is 0.227 e. The Balaban J connectivity index is 1.98. The molecule has 0 spiro atoms. The molecule has 0 amide bonds. The molecule has 110 valence electrons. The first kappa shape index (κ1) is 13.9. The van der Waals surface area contributed by atoms with Crippen LogP contribution < -0.4 is 10.5 Å². The Morgan fingerprint density at radius 3 is 2.57 bits per heavy atom. The number of aromatic nitrogens is 2. The molecule has 2 N–H and O–H groups in total. The van der Waals surface area contributed by atoms with Gasteiger partial charge in [0, 0.05) is 5.92 Å². The first-order chi connectivity index (χ1) is 10.1. The Morgan fingerprint density at radius 2 is 1.90 bits per heavy atom. The van der Waals surface area contributed by atoms with Crippen molar-refractivity contribution in [2.75, 3.05) is 5.73 Å². The largest absolute Gasteiger partial charge is 0.438 e. The highest BCUT2D eigenvalue weighted by Gasteiger charge is 2.28. The molecule has 0 saturated heterocycles. The summed E-state index contributed by atoms with van der Waals surface area (Å²) < 4.78 is 6.07. The molecule has 1 aromatic heterocycles. The lowest BCUT2D eigenvalue weighted by Gasteiger charge is -2.15. The Kier molecular flexibility index (Phi) is 3.53. The van der Waals surface area contributed by atoms with E-state index in [9.17, 15) is 0 Å². The SMILES string of the molecule is Cc1c(N)nc(C2CC2)nc1Oc1ccccc1C(C)C. The van der Waals surface area contributed by atoms with Crippen molar-refractivity contribution in [2.45, 2.75) is 45.4 Å². The molecule has 4 heteroatoms. The van der Waals surface area contributed by atoms with Crippen molar-refractivity contribution in [1.82, 2.24) is 9.97 Å². The molecule has 1 fully saturated rings. The number of nitrogen functional groups attached to an aromatic ring is 1. The van der Waals surface area contributed by atoms with Crippen LogP contribution in [0.2, 0.25) is 0 Å². The highest BCUT2D eigenvalue weighted by Crippen LogP contribution is 2.40. The number of para-hydroxylation sites is 1. The summed E-state index contributed by atoms with van der Waals surface area (Å²) in [6.07, 6.45) is 2.29. The van der Waals surface area contributed by atoms with Gasteiger partial charge in [0.05, 0.1) is 5.56 Å². The summed E-state index contributed by atoms with van der Waals surface area (Å²) in [5, 5.41) is 0. The van der Waals surface area contributed by atoms with E-state index in [-0.39, 0.29) is 0 Å². The van der Waals surface area contributed by atoms with Crippen LogP contribution in [0.5, 0.6) is 11.6 Å². The Labute approximate surface area is 125 Å². The predicted octanol–water partition coefficient (Wildman–Crippen LogP) is 4.16. The summed E-state index contributed by atoms with van der Waals surface area (Å²) in [6, 6.07) is 8.06. The van der Waals surface area contributed by atoms with E-state index >= 15 is 0 Å². The third kappa shape index (κ3) is 2.84. The minimum absolute atomic E-state index is 0.392. The molecule has 1 aliphatic rings. The Hall–Kier alpha value is -2.10. The van der Waals surface area contributed by atoms with E-state index in [1.165, 1.54) is 5.56 Å². The van der Waals surface area contributed by atoms with Gasteiger partial charge in [-0.3, -0.25) is 0 Å². The molecule has 1 aromatic carbocycles. The average molecular weight is 283 g/mol. The molecule has 0 atom stereocenters. The summed E-state index contributed by atoms with van der Waals surface area (Å²) in [7, 11) is 0. The normalized spacial score (nSPS) is 14.5. The van der Waals surface area contributed by atoms with Crippen LogP contribution in [-0.4, -0.2) is 9.97 Å². The first-order valence-electron chi connectivity index (χ1n) is 7.47. The van der Waals surface area contributed by atoms with Crippen LogP contribution in [0.4, 0.5) is 5.82 Å². The number of ether oxygens (including phenoxy) is 1. The molecule has 1 heterocycles. The third-order valence-electron chi connectivity index (χ3n) is 3.85.